The zero-order valence-electron chi connectivity index (χ0n) is 11.1. The van der Waals surface area contributed by atoms with E-state index in [1.54, 1.807) is 13.0 Å². The van der Waals surface area contributed by atoms with Crippen molar-refractivity contribution in [2.75, 3.05) is 5.32 Å². The molecule has 2 N–H and O–H groups in total. The molecule has 0 atom stereocenters. The maximum Gasteiger partial charge on any atom is 0.325 e. The molecule has 10 heteroatoms. The molecule has 110 valence electrons. The smallest absolute Gasteiger partial charge is 0.325 e. The van der Waals surface area contributed by atoms with E-state index in [1.807, 2.05) is 0 Å². The summed E-state index contributed by atoms with van der Waals surface area (Å²) in [7, 11) is 0. The molecular formula is C11H12N6O4. The van der Waals surface area contributed by atoms with Crippen molar-refractivity contribution in [2.45, 2.75) is 20.0 Å². The number of aryl methyl sites for hydroxylation is 1. The summed E-state index contributed by atoms with van der Waals surface area (Å²) in [4.78, 5) is 25.0. The zero-order valence-corrected chi connectivity index (χ0v) is 11.1. The van der Waals surface area contributed by atoms with Crippen molar-refractivity contribution in [1.29, 1.82) is 0 Å². The standard InChI is InChI=1S/C11H12N6O4/c1-7-2-3-9(17(20)21)11(13-7)12-4-8-5-16(15-14-8)6-10(18)19/h2-3,5H,4,6H2,1H3,(H,12,13)(H,18,19). The van der Waals surface area contributed by atoms with E-state index in [9.17, 15) is 14.9 Å². The van der Waals surface area contributed by atoms with Gasteiger partial charge in [-0.25, -0.2) is 9.67 Å². The fourth-order valence-electron chi connectivity index (χ4n) is 1.64. The summed E-state index contributed by atoms with van der Waals surface area (Å²) in [6, 6.07) is 2.92. The van der Waals surface area contributed by atoms with Crippen LogP contribution >= 0.6 is 0 Å². The van der Waals surface area contributed by atoms with E-state index in [1.165, 1.54) is 12.3 Å². The van der Waals surface area contributed by atoms with Gasteiger partial charge in [-0.05, 0) is 13.0 Å². The van der Waals surface area contributed by atoms with Crippen LogP contribution in [0.5, 0.6) is 0 Å². The Kier molecular flexibility index (Phi) is 4.07. The highest BCUT2D eigenvalue weighted by molar-refractivity contribution is 5.66. The molecule has 2 aromatic heterocycles. The molecular weight excluding hydrogens is 280 g/mol. The molecule has 21 heavy (non-hydrogen) atoms. The molecule has 0 fully saturated rings. The second kappa shape index (κ2) is 5.94. The third-order valence-corrected chi connectivity index (χ3v) is 2.53. The second-order valence-corrected chi connectivity index (χ2v) is 4.23. The van der Waals surface area contributed by atoms with Gasteiger partial charge < -0.3 is 10.4 Å². The predicted molar refractivity (Wildman–Crippen MR) is 70.6 cm³/mol. The Morgan fingerprint density at radius 3 is 2.95 bits per heavy atom. The van der Waals surface area contributed by atoms with Crippen LogP contribution in [0.2, 0.25) is 0 Å². The molecule has 0 amide bonds. The van der Waals surface area contributed by atoms with Gasteiger partial charge in [0.1, 0.15) is 12.2 Å². The quantitative estimate of drug-likeness (QED) is 0.583. The maximum atomic E-state index is 10.9. The summed E-state index contributed by atoms with van der Waals surface area (Å²) in [6.07, 6.45) is 1.45. The molecule has 2 heterocycles. The monoisotopic (exact) mass is 292 g/mol. The Balaban J connectivity index is 2.09. The Bertz CT molecular complexity index is 683. The SMILES string of the molecule is Cc1ccc([N+](=O)[O-])c(NCc2cn(CC(=O)O)nn2)n1. The highest BCUT2D eigenvalue weighted by Gasteiger charge is 2.15. The van der Waals surface area contributed by atoms with Crippen LogP contribution in [0.1, 0.15) is 11.4 Å². The van der Waals surface area contributed by atoms with Gasteiger partial charge in [-0.1, -0.05) is 5.21 Å². The van der Waals surface area contributed by atoms with E-state index in [-0.39, 0.29) is 24.6 Å². The van der Waals surface area contributed by atoms with Crippen LogP contribution in [0.15, 0.2) is 18.3 Å². The predicted octanol–water partition coefficient (Wildman–Crippen LogP) is 0.586. The van der Waals surface area contributed by atoms with Gasteiger partial charge in [-0.2, -0.15) is 0 Å². The summed E-state index contributed by atoms with van der Waals surface area (Å²) in [5.74, 6) is -0.900. The van der Waals surface area contributed by atoms with Crippen LogP contribution in [0.4, 0.5) is 11.5 Å². The van der Waals surface area contributed by atoms with Crippen LogP contribution in [0.3, 0.4) is 0 Å². The number of carboxylic acid groups (broad SMARTS) is 1. The van der Waals surface area contributed by atoms with E-state index in [0.717, 1.165) is 4.68 Å². The van der Waals surface area contributed by atoms with Gasteiger partial charge in [-0.3, -0.25) is 14.9 Å². The Morgan fingerprint density at radius 1 is 1.52 bits per heavy atom. The highest BCUT2D eigenvalue weighted by Crippen LogP contribution is 2.22. The van der Waals surface area contributed by atoms with Crippen molar-refractivity contribution in [3.8, 4) is 0 Å². The number of anilines is 1. The van der Waals surface area contributed by atoms with Gasteiger partial charge in [0.2, 0.25) is 5.82 Å². The number of hydrogen-bond donors (Lipinski definition) is 2. The van der Waals surface area contributed by atoms with Gasteiger partial charge in [-0.15, -0.1) is 5.10 Å². The zero-order chi connectivity index (χ0) is 15.4. The molecule has 0 unspecified atom stereocenters. The summed E-state index contributed by atoms with van der Waals surface area (Å²) < 4.78 is 1.16. The summed E-state index contributed by atoms with van der Waals surface area (Å²) in [5, 5.41) is 29.7. The minimum absolute atomic E-state index is 0.132. The van der Waals surface area contributed by atoms with Crippen LogP contribution in [0.25, 0.3) is 0 Å². The van der Waals surface area contributed by atoms with Crippen molar-refractivity contribution in [3.05, 3.63) is 39.8 Å². The second-order valence-electron chi connectivity index (χ2n) is 4.23. The van der Waals surface area contributed by atoms with Gasteiger partial charge in [0.05, 0.1) is 17.7 Å². The molecule has 0 aliphatic rings. The van der Waals surface area contributed by atoms with Crippen LogP contribution in [0, 0.1) is 17.0 Å². The lowest BCUT2D eigenvalue weighted by Crippen LogP contribution is -2.09. The molecule has 10 nitrogen and oxygen atoms in total. The van der Waals surface area contributed by atoms with Crippen LogP contribution in [-0.4, -0.2) is 36.0 Å². The lowest BCUT2D eigenvalue weighted by molar-refractivity contribution is -0.384. The number of nitro groups is 1. The molecule has 2 rings (SSSR count). The number of hydrogen-bond acceptors (Lipinski definition) is 7. The maximum absolute atomic E-state index is 10.9. The number of carboxylic acids is 1. The Hall–Kier alpha value is -3.04. The molecule has 0 aliphatic heterocycles. The first kappa shape index (κ1) is 14.4. The first-order chi connectivity index (χ1) is 9.95. The molecule has 0 saturated heterocycles. The summed E-state index contributed by atoms with van der Waals surface area (Å²) >= 11 is 0. The first-order valence-corrected chi connectivity index (χ1v) is 5.92. The van der Waals surface area contributed by atoms with Crippen LogP contribution in [-0.2, 0) is 17.9 Å². The van der Waals surface area contributed by atoms with E-state index in [4.69, 9.17) is 5.11 Å². The Labute approximate surface area is 118 Å². The fraction of sp³-hybridized carbons (Fsp3) is 0.273. The van der Waals surface area contributed by atoms with Crippen molar-refractivity contribution in [2.24, 2.45) is 0 Å². The van der Waals surface area contributed by atoms with Crippen molar-refractivity contribution >= 4 is 17.5 Å². The number of nitrogens with zero attached hydrogens (tertiary/aromatic N) is 5. The van der Waals surface area contributed by atoms with E-state index in [0.29, 0.717) is 11.4 Å². The number of carbonyl (C=O) groups is 1. The minimum Gasteiger partial charge on any atom is -0.480 e. The van der Waals surface area contributed by atoms with Gasteiger partial charge in [0, 0.05) is 11.8 Å². The molecule has 2 aromatic rings. The fourth-order valence-corrected chi connectivity index (χ4v) is 1.64. The molecule has 0 aromatic carbocycles. The number of rotatable bonds is 6. The largest absolute Gasteiger partial charge is 0.480 e. The number of aliphatic carboxylic acids is 1. The van der Waals surface area contributed by atoms with Gasteiger partial charge in [0.25, 0.3) is 0 Å². The topological polar surface area (TPSA) is 136 Å². The van der Waals surface area contributed by atoms with Gasteiger partial charge in [0.15, 0.2) is 0 Å². The number of aromatic nitrogens is 4. The minimum atomic E-state index is -1.03. The lowest BCUT2D eigenvalue weighted by Gasteiger charge is -2.04. The highest BCUT2D eigenvalue weighted by atomic mass is 16.6. The normalized spacial score (nSPS) is 10.3. The average Bonchev–Trinajstić information content (AvgIpc) is 2.82. The molecule has 0 aliphatic carbocycles. The number of pyridine rings is 1. The third-order valence-electron chi connectivity index (χ3n) is 2.53. The summed E-state index contributed by atoms with van der Waals surface area (Å²) in [6.45, 7) is 1.57. The molecule has 0 radical (unpaired) electrons. The van der Waals surface area contributed by atoms with E-state index in [2.05, 4.69) is 20.6 Å². The first-order valence-electron chi connectivity index (χ1n) is 5.92. The third kappa shape index (κ3) is 3.72. The van der Waals surface area contributed by atoms with Crippen molar-refractivity contribution in [1.82, 2.24) is 20.0 Å². The van der Waals surface area contributed by atoms with Crippen molar-refractivity contribution < 1.29 is 14.8 Å². The lowest BCUT2D eigenvalue weighted by atomic mass is 10.3. The van der Waals surface area contributed by atoms with Gasteiger partial charge >= 0.3 is 11.7 Å². The summed E-state index contributed by atoms with van der Waals surface area (Å²) in [5.41, 5.74) is 0.949. The van der Waals surface area contributed by atoms with Crippen molar-refractivity contribution in [3.63, 3.8) is 0 Å². The average molecular weight is 292 g/mol. The van der Waals surface area contributed by atoms with E-state index >= 15 is 0 Å². The van der Waals surface area contributed by atoms with E-state index < -0.39 is 10.9 Å². The Morgan fingerprint density at radius 2 is 2.29 bits per heavy atom. The molecule has 0 saturated carbocycles. The molecule has 0 spiro atoms. The molecule has 0 bridgehead atoms. The number of nitrogens with one attached hydrogen (secondary N) is 1. The van der Waals surface area contributed by atoms with Crippen LogP contribution < -0.4 is 5.32 Å².